The van der Waals surface area contributed by atoms with Gasteiger partial charge >= 0.3 is 5.97 Å². The number of ether oxygens (including phenoxy) is 2. The average molecular weight is 413 g/mol. The SMILES string of the molecule is CC/C=c1\ccc2c(c1)Oc1cc(CCC)ccc1C=2c1ccccc1C(=O)OCC. The molecule has 1 heterocycles. The van der Waals surface area contributed by atoms with E-state index in [9.17, 15) is 4.79 Å². The molecule has 0 spiro atoms. The van der Waals surface area contributed by atoms with Gasteiger partial charge in [0, 0.05) is 16.4 Å². The molecule has 0 bridgehead atoms. The number of carbonyl (C=O) groups excluding carboxylic acids is 1. The van der Waals surface area contributed by atoms with Crippen molar-refractivity contribution in [3.63, 3.8) is 0 Å². The third kappa shape index (κ3) is 4.13. The monoisotopic (exact) mass is 412 g/mol. The Balaban J connectivity index is 2.02. The minimum atomic E-state index is -0.307. The molecule has 3 aromatic rings. The highest BCUT2D eigenvalue weighted by Gasteiger charge is 2.24. The average Bonchev–Trinajstić information content (AvgIpc) is 2.78. The third-order valence-corrected chi connectivity index (χ3v) is 5.48. The summed E-state index contributed by atoms with van der Waals surface area (Å²) in [5.41, 5.74) is 4.68. The number of hydrogen-bond donors (Lipinski definition) is 0. The fraction of sp³-hybridized carbons (Fsp3) is 0.250. The van der Waals surface area contributed by atoms with Gasteiger partial charge in [-0.15, -0.1) is 0 Å². The molecule has 0 amide bonds. The van der Waals surface area contributed by atoms with Crippen LogP contribution in [0.25, 0.3) is 11.6 Å². The number of aryl methyl sites for hydroxylation is 1. The molecule has 1 aliphatic heterocycles. The van der Waals surface area contributed by atoms with Crippen LogP contribution in [0.2, 0.25) is 0 Å². The van der Waals surface area contributed by atoms with Gasteiger partial charge in [0.2, 0.25) is 0 Å². The lowest BCUT2D eigenvalue weighted by Crippen LogP contribution is -2.21. The highest BCUT2D eigenvalue weighted by atomic mass is 16.5. The maximum absolute atomic E-state index is 12.7. The van der Waals surface area contributed by atoms with Crippen LogP contribution in [0.1, 0.15) is 60.7 Å². The fourth-order valence-electron chi connectivity index (χ4n) is 4.14. The lowest BCUT2D eigenvalue weighted by atomic mass is 9.89. The summed E-state index contributed by atoms with van der Waals surface area (Å²) in [6, 6.07) is 20.4. The molecule has 0 atom stereocenters. The molecule has 0 radical (unpaired) electrons. The van der Waals surface area contributed by atoms with Crippen LogP contribution in [0.3, 0.4) is 0 Å². The Hall–Kier alpha value is -3.33. The van der Waals surface area contributed by atoms with E-state index in [2.05, 4.69) is 56.3 Å². The second-order valence-electron chi connectivity index (χ2n) is 7.69. The Morgan fingerprint density at radius 1 is 0.935 bits per heavy atom. The van der Waals surface area contributed by atoms with Gasteiger partial charge in [-0.2, -0.15) is 0 Å². The summed E-state index contributed by atoms with van der Waals surface area (Å²) in [5, 5.41) is 2.12. The van der Waals surface area contributed by atoms with Gasteiger partial charge in [-0.25, -0.2) is 4.79 Å². The molecule has 0 aliphatic carbocycles. The zero-order chi connectivity index (χ0) is 21.8. The molecule has 158 valence electrons. The van der Waals surface area contributed by atoms with Crippen molar-refractivity contribution in [1.29, 1.82) is 0 Å². The van der Waals surface area contributed by atoms with Crippen molar-refractivity contribution in [2.24, 2.45) is 0 Å². The van der Waals surface area contributed by atoms with E-state index in [1.807, 2.05) is 31.2 Å². The number of fused-ring (bicyclic) bond motifs is 2. The minimum absolute atomic E-state index is 0.307. The van der Waals surface area contributed by atoms with Gasteiger partial charge in [-0.3, -0.25) is 0 Å². The van der Waals surface area contributed by atoms with Crippen LogP contribution in [-0.4, -0.2) is 12.6 Å². The van der Waals surface area contributed by atoms with Crippen molar-refractivity contribution in [2.45, 2.75) is 40.0 Å². The normalized spacial score (nSPS) is 12.7. The van der Waals surface area contributed by atoms with E-state index in [0.29, 0.717) is 12.2 Å². The minimum Gasteiger partial charge on any atom is -0.462 e. The summed E-state index contributed by atoms with van der Waals surface area (Å²) in [4.78, 5) is 12.7. The first-order valence-electron chi connectivity index (χ1n) is 11.1. The molecular formula is C28H28O3. The summed E-state index contributed by atoms with van der Waals surface area (Å²) in [5.74, 6) is 1.34. The summed E-state index contributed by atoms with van der Waals surface area (Å²) >= 11 is 0. The molecule has 0 saturated heterocycles. The molecule has 3 nitrogen and oxygen atoms in total. The zero-order valence-electron chi connectivity index (χ0n) is 18.4. The highest BCUT2D eigenvalue weighted by Crippen LogP contribution is 2.37. The number of hydrogen-bond acceptors (Lipinski definition) is 3. The standard InChI is InChI=1S/C28H28O3/c1-4-9-19-13-15-23-25(17-19)31-26-18-20(10-5-2)14-16-24(26)27(23)21-11-7-8-12-22(21)28(29)30-6-3/h7-9,11-18H,4-6,10H2,1-3H3/b19-9+. The molecule has 3 aromatic carbocycles. The number of benzene rings is 3. The van der Waals surface area contributed by atoms with Crippen LogP contribution in [-0.2, 0) is 11.2 Å². The Kier molecular flexibility index (Phi) is 6.22. The molecule has 4 rings (SSSR count). The van der Waals surface area contributed by atoms with Crippen LogP contribution in [0, 0.1) is 0 Å². The van der Waals surface area contributed by atoms with Crippen molar-refractivity contribution in [2.75, 3.05) is 6.61 Å². The Labute approximate surface area is 183 Å². The van der Waals surface area contributed by atoms with Crippen LogP contribution in [0.5, 0.6) is 11.5 Å². The van der Waals surface area contributed by atoms with Gasteiger partial charge in [0.05, 0.1) is 12.2 Å². The van der Waals surface area contributed by atoms with E-state index in [1.54, 1.807) is 0 Å². The van der Waals surface area contributed by atoms with Crippen molar-refractivity contribution in [1.82, 2.24) is 0 Å². The Morgan fingerprint density at radius 3 is 2.55 bits per heavy atom. The second-order valence-corrected chi connectivity index (χ2v) is 7.69. The highest BCUT2D eigenvalue weighted by molar-refractivity contribution is 5.99. The molecule has 1 aliphatic rings. The lowest BCUT2D eigenvalue weighted by Gasteiger charge is -2.23. The van der Waals surface area contributed by atoms with Crippen molar-refractivity contribution < 1.29 is 14.3 Å². The summed E-state index contributed by atoms with van der Waals surface area (Å²) in [6.07, 6.45) is 5.21. The maximum atomic E-state index is 12.7. The first-order chi connectivity index (χ1) is 15.2. The van der Waals surface area contributed by atoms with E-state index in [1.165, 1.54) is 5.56 Å². The number of rotatable bonds is 6. The Morgan fingerprint density at radius 2 is 1.77 bits per heavy atom. The summed E-state index contributed by atoms with van der Waals surface area (Å²) in [7, 11) is 0. The van der Waals surface area contributed by atoms with E-state index < -0.39 is 0 Å². The van der Waals surface area contributed by atoms with Crippen LogP contribution < -0.4 is 15.2 Å². The molecule has 0 saturated carbocycles. The molecule has 31 heavy (non-hydrogen) atoms. The van der Waals surface area contributed by atoms with Crippen LogP contribution in [0.15, 0.2) is 60.7 Å². The zero-order valence-corrected chi connectivity index (χ0v) is 18.4. The molecule has 0 unspecified atom stereocenters. The van der Waals surface area contributed by atoms with Crippen molar-refractivity contribution >= 4 is 17.6 Å². The van der Waals surface area contributed by atoms with E-state index >= 15 is 0 Å². The maximum Gasteiger partial charge on any atom is 0.338 e. The largest absolute Gasteiger partial charge is 0.462 e. The number of esters is 1. The van der Waals surface area contributed by atoms with E-state index in [0.717, 1.165) is 57.9 Å². The van der Waals surface area contributed by atoms with Gasteiger partial charge in [-0.05, 0) is 60.4 Å². The van der Waals surface area contributed by atoms with Gasteiger partial charge < -0.3 is 9.47 Å². The molecule has 0 fully saturated rings. The number of carbonyl (C=O) groups is 1. The van der Waals surface area contributed by atoms with Crippen molar-refractivity contribution in [3.8, 4) is 11.5 Å². The van der Waals surface area contributed by atoms with Crippen LogP contribution >= 0.6 is 0 Å². The predicted octanol–water partition coefficient (Wildman–Crippen LogP) is 5.36. The van der Waals surface area contributed by atoms with E-state index in [4.69, 9.17) is 9.47 Å². The third-order valence-electron chi connectivity index (χ3n) is 5.48. The molecule has 0 aromatic heterocycles. The quantitative estimate of drug-likeness (QED) is 0.400. The fourth-order valence-corrected chi connectivity index (χ4v) is 4.14. The predicted molar refractivity (Wildman–Crippen MR) is 125 cm³/mol. The topological polar surface area (TPSA) is 35.5 Å². The first-order valence-corrected chi connectivity index (χ1v) is 11.1. The Bertz CT molecular complexity index is 1240. The van der Waals surface area contributed by atoms with Gasteiger partial charge in [0.25, 0.3) is 0 Å². The van der Waals surface area contributed by atoms with Gasteiger partial charge in [0.15, 0.2) is 0 Å². The summed E-state index contributed by atoms with van der Waals surface area (Å²) < 4.78 is 11.7. The van der Waals surface area contributed by atoms with Crippen molar-refractivity contribution in [3.05, 3.63) is 93.4 Å². The van der Waals surface area contributed by atoms with Crippen LogP contribution in [0.4, 0.5) is 0 Å². The summed E-state index contributed by atoms with van der Waals surface area (Å²) in [6.45, 7) is 6.47. The van der Waals surface area contributed by atoms with Gasteiger partial charge in [-0.1, -0.05) is 62.7 Å². The first kappa shape index (κ1) is 20.9. The second kappa shape index (κ2) is 9.22. The smallest absolute Gasteiger partial charge is 0.338 e. The molecule has 0 N–H and O–H groups in total. The lowest BCUT2D eigenvalue weighted by molar-refractivity contribution is 0.0526. The van der Waals surface area contributed by atoms with Gasteiger partial charge in [0.1, 0.15) is 11.5 Å². The molecule has 3 heteroatoms. The van der Waals surface area contributed by atoms with E-state index in [-0.39, 0.29) is 5.97 Å². The molecular weight excluding hydrogens is 384 g/mol.